The summed E-state index contributed by atoms with van der Waals surface area (Å²) in [6, 6.07) is 12.5. The highest BCUT2D eigenvalue weighted by molar-refractivity contribution is 5.75. The lowest BCUT2D eigenvalue weighted by atomic mass is 10.1. The molecule has 0 radical (unpaired) electrons. The van der Waals surface area contributed by atoms with Gasteiger partial charge in [0.15, 0.2) is 11.3 Å². The van der Waals surface area contributed by atoms with E-state index in [1.165, 1.54) is 5.56 Å². The molecule has 30 heavy (non-hydrogen) atoms. The van der Waals surface area contributed by atoms with Gasteiger partial charge < -0.3 is 9.88 Å². The van der Waals surface area contributed by atoms with E-state index in [0.29, 0.717) is 5.92 Å². The molecule has 1 saturated heterocycles. The number of benzene rings is 1. The molecule has 1 N–H and O–H groups in total. The van der Waals surface area contributed by atoms with Crippen LogP contribution in [-0.2, 0) is 11.2 Å². The third-order valence-corrected chi connectivity index (χ3v) is 5.37. The van der Waals surface area contributed by atoms with Gasteiger partial charge in [0, 0.05) is 45.4 Å². The van der Waals surface area contributed by atoms with Gasteiger partial charge in [-0.25, -0.2) is 9.97 Å². The maximum Gasteiger partial charge on any atom is 0.219 e. The third kappa shape index (κ3) is 4.53. The Bertz CT molecular complexity index is 1090. The first-order valence-corrected chi connectivity index (χ1v) is 10.8. The zero-order valence-corrected chi connectivity index (χ0v) is 18.3. The Morgan fingerprint density at radius 1 is 1.17 bits per heavy atom. The fourth-order valence-electron chi connectivity index (χ4n) is 3.78. The minimum atomic E-state index is 0. The summed E-state index contributed by atoms with van der Waals surface area (Å²) < 4.78 is 2.15. The molecule has 6 heteroatoms. The van der Waals surface area contributed by atoms with Gasteiger partial charge in [0.05, 0.1) is 11.7 Å². The van der Waals surface area contributed by atoms with Crippen LogP contribution in [0, 0.1) is 0 Å². The Morgan fingerprint density at radius 3 is 2.57 bits per heavy atom. The van der Waals surface area contributed by atoms with Gasteiger partial charge in [-0.3, -0.25) is 9.20 Å². The molecule has 1 aromatic carbocycles. The molecule has 160 valence electrons. The normalized spacial score (nSPS) is 15.5. The van der Waals surface area contributed by atoms with Crippen molar-refractivity contribution in [3.05, 3.63) is 66.2 Å². The van der Waals surface area contributed by atoms with E-state index in [-0.39, 0.29) is 7.33 Å². The highest BCUT2D eigenvalue weighted by atomic mass is 16.2. The van der Waals surface area contributed by atoms with Crippen LogP contribution in [0.5, 0.6) is 0 Å². The van der Waals surface area contributed by atoms with Crippen molar-refractivity contribution in [2.45, 2.75) is 46.5 Å². The minimum Gasteiger partial charge on any atom is -0.345 e. The number of nitrogens with zero attached hydrogens (tertiary/aromatic N) is 4. The Balaban J connectivity index is 0.000000264. The predicted molar refractivity (Wildman–Crippen MR) is 124 cm³/mol. The first kappa shape index (κ1) is 21.6. The molecule has 4 heterocycles. The monoisotopic (exact) mass is 407 g/mol. The number of H-pyrrole nitrogens is 1. The number of imidazole rings is 1. The molecule has 3 aromatic heterocycles. The van der Waals surface area contributed by atoms with E-state index < -0.39 is 0 Å². The molecule has 0 saturated carbocycles. The van der Waals surface area contributed by atoms with Gasteiger partial charge in [0.2, 0.25) is 5.91 Å². The van der Waals surface area contributed by atoms with Crippen molar-refractivity contribution >= 4 is 22.7 Å². The number of amides is 1. The van der Waals surface area contributed by atoms with Crippen LogP contribution in [0.15, 0.2) is 55.0 Å². The first-order chi connectivity index (χ1) is 14.7. The van der Waals surface area contributed by atoms with E-state index in [1.807, 2.05) is 43.3 Å². The number of hydrogen-bond donors (Lipinski definition) is 1. The second kappa shape index (κ2) is 10.1. The van der Waals surface area contributed by atoms with Gasteiger partial charge >= 0.3 is 0 Å². The molecule has 4 aromatic rings. The maximum absolute atomic E-state index is 11.5. The summed E-state index contributed by atoms with van der Waals surface area (Å²) in [6.45, 7) is 9.40. The van der Waals surface area contributed by atoms with Gasteiger partial charge in [-0.05, 0) is 24.5 Å². The molecule has 0 aliphatic carbocycles. The number of fused-ring (bicyclic) bond motifs is 3. The Kier molecular flexibility index (Phi) is 7.22. The number of carbonyl (C=O) groups excluding carboxylic acids is 1. The summed E-state index contributed by atoms with van der Waals surface area (Å²) in [5, 5.41) is 0. The van der Waals surface area contributed by atoms with Crippen molar-refractivity contribution in [3.8, 4) is 0 Å². The minimum absolute atomic E-state index is 0. The van der Waals surface area contributed by atoms with E-state index in [2.05, 4.69) is 50.5 Å². The molecule has 5 rings (SSSR count). The smallest absolute Gasteiger partial charge is 0.219 e. The van der Waals surface area contributed by atoms with Crippen LogP contribution in [0.1, 0.15) is 52.7 Å². The van der Waals surface area contributed by atoms with E-state index >= 15 is 0 Å². The highest BCUT2D eigenvalue weighted by Crippen LogP contribution is 2.29. The van der Waals surface area contributed by atoms with Crippen LogP contribution in [0.2, 0.25) is 0 Å². The molecule has 0 spiro atoms. The molecule has 1 amide bonds. The fraction of sp³-hybridized carbons (Fsp3) is 0.375. The average molecular weight is 408 g/mol. The number of rotatable bonds is 2. The summed E-state index contributed by atoms with van der Waals surface area (Å²) in [4.78, 5) is 25.3. The molecule has 1 atom stereocenters. The molecule has 1 fully saturated rings. The number of aromatic nitrogens is 4. The lowest BCUT2D eigenvalue weighted by Crippen LogP contribution is -2.25. The summed E-state index contributed by atoms with van der Waals surface area (Å²) in [5.41, 5.74) is 5.33. The van der Waals surface area contributed by atoms with Crippen molar-refractivity contribution in [2.24, 2.45) is 0 Å². The van der Waals surface area contributed by atoms with Gasteiger partial charge in [0.25, 0.3) is 0 Å². The van der Waals surface area contributed by atoms with Crippen molar-refractivity contribution in [1.29, 1.82) is 0 Å². The topological polar surface area (TPSA) is 66.3 Å². The Hall–Kier alpha value is -3.15. The van der Waals surface area contributed by atoms with Crippen molar-refractivity contribution in [3.63, 3.8) is 0 Å². The molecule has 1 aliphatic rings. The second-order valence-corrected chi connectivity index (χ2v) is 7.14. The lowest BCUT2D eigenvalue weighted by molar-refractivity contribution is -0.127. The zero-order chi connectivity index (χ0) is 21.5. The first-order valence-electron chi connectivity index (χ1n) is 10.8. The van der Waals surface area contributed by atoms with Crippen molar-refractivity contribution in [2.75, 3.05) is 13.1 Å². The van der Waals surface area contributed by atoms with Crippen LogP contribution in [0.3, 0.4) is 0 Å². The number of hydrogen-bond acceptors (Lipinski definition) is 3. The van der Waals surface area contributed by atoms with Gasteiger partial charge in [0.1, 0.15) is 0 Å². The number of carbonyl (C=O) groups is 1. The quantitative estimate of drug-likeness (QED) is 0.505. The van der Waals surface area contributed by atoms with Gasteiger partial charge in [-0.1, -0.05) is 51.1 Å². The van der Waals surface area contributed by atoms with Crippen LogP contribution in [0.25, 0.3) is 16.8 Å². The number of aromatic amines is 1. The zero-order valence-electron chi connectivity index (χ0n) is 18.3. The summed E-state index contributed by atoms with van der Waals surface area (Å²) >= 11 is 0. The molecular weight excluding hydrogens is 374 g/mol. The average Bonchev–Trinajstić information content (AvgIpc) is 3.54. The number of nitrogens with one attached hydrogen (secondary N) is 1. The Labute approximate surface area is 179 Å². The second-order valence-electron chi connectivity index (χ2n) is 7.14. The summed E-state index contributed by atoms with van der Waals surface area (Å²) in [6.07, 6.45) is 7.71. The number of aryl methyl sites for hydroxylation is 1. The van der Waals surface area contributed by atoms with E-state index in [4.69, 9.17) is 0 Å². The highest BCUT2D eigenvalue weighted by Gasteiger charge is 2.28. The van der Waals surface area contributed by atoms with E-state index in [1.54, 1.807) is 13.1 Å². The molecule has 0 bridgehead atoms. The standard InChI is InChI=1S/C14H15N5O.C8H10.C2H6.H2/c1-9(20)18-5-3-10(8-18)12-6-16-13-7-17-14-11(19(12)13)2-4-15-14;1-2-8-6-4-3-5-7-8;1-2;/h2,4,6-7,10,15H,3,5,8H2,1H3;3-7H,2H2,1H3;1-2H3;1H/t10-;;;/m1.../s1. The molecule has 1 aliphatic heterocycles. The van der Waals surface area contributed by atoms with Crippen LogP contribution >= 0.6 is 0 Å². The lowest BCUT2D eigenvalue weighted by Gasteiger charge is -2.14. The molecular formula is C24H33N5O. The van der Waals surface area contributed by atoms with Crippen molar-refractivity contribution < 1.29 is 6.22 Å². The van der Waals surface area contributed by atoms with Crippen LogP contribution in [0.4, 0.5) is 0 Å². The van der Waals surface area contributed by atoms with Gasteiger partial charge in [-0.2, -0.15) is 0 Å². The van der Waals surface area contributed by atoms with Crippen molar-refractivity contribution in [1.82, 2.24) is 24.3 Å². The van der Waals surface area contributed by atoms with Gasteiger partial charge in [-0.15, -0.1) is 0 Å². The van der Waals surface area contributed by atoms with Crippen LogP contribution in [-0.4, -0.2) is 43.2 Å². The maximum atomic E-state index is 11.5. The third-order valence-electron chi connectivity index (χ3n) is 5.37. The summed E-state index contributed by atoms with van der Waals surface area (Å²) in [5.74, 6) is 0.490. The van der Waals surface area contributed by atoms with Crippen LogP contribution < -0.4 is 0 Å². The van der Waals surface area contributed by atoms with E-state index in [0.717, 1.165) is 48.4 Å². The largest absolute Gasteiger partial charge is 0.345 e. The SMILES string of the molecule is CC.CC(=O)N1CC[C@@H](c2cnc3cnc4[nH]ccc4n23)C1.CCc1ccccc1.[HH]. The fourth-order valence-corrected chi connectivity index (χ4v) is 3.78. The van der Waals surface area contributed by atoms with E-state index in [9.17, 15) is 4.79 Å². The molecule has 6 nitrogen and oxygen atoms in total. The Morgan fingerprint density at radius 2 is 1.93 bits per heavy atom. The number of likely N-dealkylation sites (tertiary alicyclic amines) is 1. The molecule has 0 unspecified atom stereocenters. The predicted octanol–water partition coefficient (Wildman–Crippen LogP) is 5.07. The summed E-state index contributed by atoms with van der Waals surface area (Å²) in [7, 11) is 0.